The fourth-order valence-corrected chi connectivity index (χ4v) is 0.959. The minimum atomic E-state index is -0.715. The summed E-state index contributed by atoms with van der Waals surface area (Å²) in [5.41, 5.74) is -0.715. The van der Waals surface area contributed by atoms with Crippen molar-refractivity contribution in [2.45, 2.75) is 0 Å². The number of halogens is 2. The average Bonchev–Trinajstić information content (AvgIpc) is 1.93. The summed E-state index contributed by atoms with van der Waals surface area (Å²) in [6, 6.07) is 6.86. The van der Waals surface area contributed by atoms with E-state index >= 15 is 0 Å². The minimum Gasteiger partial charge on any atom is -0.378 e. The molecule has 0 heterocycles. The molecule has 0 aliphatic rings. The lowest BCUT2D eigenvalue weighted by molar-refractivity contribution is -0.271. The number of hydrogen-bond donors (Lipinski definition) is 0. The van der Waals surface area contributed by atoms with Gasteiger partial charge in [-0.3, -0.25) is 0 Å². The monoisotopic (exact) mass is 235 g/mol. The van der Waals surface area contributed by atoms with Crippen LogP contribution in [0.4, 0.5) is 4.79 Å². The predicted molar refractivity (Wildman–Crippen MR) is 41.6 cm³/mol. The third kappa shape index (κ3) is 2.91. The largest absolute Gasteiger partial charge is 0.608 e. The lowest BCUT2D eigenvalue weighted by atomic mass is 10.3. The summed E-state index contributed by atoms with van der Waals surface area (Å²) in [4.78, 5) is 10.3. The molecule has 0 fully saturated rings. The van der Waals surface area contributed by atoms with Gasteiger partial charge >= 0.3 is 5.43 Å². The van der Waals surface area contributed by atoms with Crippen molar-refractivity contribution in [2.24, 2.45) is 0 Å². The molecule has 4 heteroatoms. The summed E-state index contributed by atoms with van der Waals surface area (Å²) in [7, 11) is 0. The van der Waals surface area contributed by atoms with Crippen molar-refractivity contribution in [3.63, 3.8) is 0 Å². The van der Waals surface area contributed by atoms with E-state index in [-0.39, 0.29) is 0 Å². The Morgan fingerprint density at radius 2 is 1.91 bits per heavy atom. The molecule has 58 valence electrons. The van der Waals surface area contributed by atoms with Crippen LogP contribution >= 0.6 is 15.9 Å². The third-order valence-corrected chi connectivity index (χ3v) is 1.63. The van der Waals surface area contributed by atoms with Gasteiger partial charge in [0.1, 0.15) is 5.75 Å². The Hall–Kier alpha value is -0.540. The Morgan fingerprint density at radius 1 is 1.36 bits per heavy atom. The van der Waals surface area contributed by atoms with Gasteiger partial charge in [-0.25, -0.2) is 0 Å². The Kier molecular flexibility index (Phi) is 2.91. The molecule has 0 atom stereocenters. The first-order valence-corrected chi connectivity index (χ1v) is 4.03. The fourth-order valence-electron chi connectivity index (χ4n) is 0.599. The SMILES string of the molecule is O=C([ClH+])Oc1ccc(Br)cc1. The van der Waals surface area contributed by atoms with Crippen molar-refractivity contribution < 1.29 is 21.1 Å². The Balaban J connectivity index is 2.74. The molecule has 0 aliphatic heterocycles. The topological polar surface area (TPSA) is 26.3 Å². The average molecular weight is 236 g/mol. The van der Waals surface area contributed by atoms with Crippen molar-refractivity contribution in [2.75, 3.05) is 0 Å². The highest BCUT2D eigenvalue weighted by Gasteiger charge is 2.06. The molecular weight excluding hydrogens is 231 g/mol. The van der Waals surface area contributed by atoms with Crippen LogP contribution in [-0.4, -0.2) is 5.43 Å². The molecule has 0 saturated heterocycles. The third-order valence-electron chi connectivity index (χ3n) is 1.01. The molecule has 0 radical (unpaired) electrons. The Labute approximate surface area is 77.2 Å². The first-order valence-electron chi connectivity index (χ1n) is 2.83. The summed E-state index contributed by atoms with van der Waals surface area (Å²) in [6.45, 7) is 0. The molecular formula is C7H5BrClO2+. The maximum absolute atomic E-state index is 10.3. The molecule has 1 aromatic carbocycles. The first-order chi connectivity index (χ1) is 5.18. The van der Waals surface area contributed by atoms with Crippen molar-refractivity contribution in [3.05, 3.63) is 28.7 Å². The Morgan fingerprint density at radius 3 is 2.36 bits per heavy atom. The summed E-state index contributed by atoms with van der Waals surface area (Å²) in [5, 5.41) is 0. The molecule has 1 rings (SSSR count). The van der Waals surface area contributed by atoms with E-state index in [9.17, 15) is 4.79 Å². The van der Waals surface area contributed by atoms with Crippen LogP contribution in [0, 0.1) is 11.6 Å². The second kappa shape index (κ2) is 3.74. The maximum Gasteiger partial charge on any atom is 0.608 e. The van der Waals surface area contributed by atoms with Gasteiger partial charge in [-0.2, -0.15) is 4.79 Å². The predicted octanol–water partition coefficient (Wildman–Crippen LogP) is 2.23. The lowest BCUT2D eigenvalue weighted by Crippen LogP contribution is -1.99. The van der Waals surface area contributed by atoms with Gasteiger partial charge in [0.05, 0.1) is 0 Å². The number of ether oxygens (including phenoxy) is 1. The molecule has 1 aromatic rings. The normalized spacial score (nSPS) is 9.27. The van der Waals surface area contributed by atoms with Gasteiger partial charge in [0.15, 0.2) is 0 Å². The van der Waals surface area contributed by atoms with Gasteiger partial charge < -0.3 is 4.74 Å². The van der Waals surface area contributed by atoms with Gasteiger partial charge in [0.2, 0.25) is 11.6 Å². The van der Waals surface area contributed by atoms with Crippen LogP contribution in [0.1, 0.15) is 0 Å². The highest BCUT2D eigenvalue weighted by Crippen LogP contribution is 2.15. The van der Waals surface area contributed by atoms with Crippen molar-refractivity contribution in [3.8, 4) is 5.75 Å². The first kappa shape index (κ1) is 8.56. The van der Waals surface area contributed by atoms with Gasteiger partial charge in [0.25, 0.3) is 0 Å². The number of carbonyl (C=O) groups is 1. The molecule has 0 N–H and O–H groups in total. The van der Waals surface area contributed by atoms with E-state index in [4.69, 9.17) is 0 Å². The molecule has 0 bridgehead atoms. The lowest BCUT2D eigenvalue weighted by Gasteiger charge is -1.94. The van der Waals surface area contributed by atoms with E-state index < -0.39 is 5.43 Å². The van der Waals surface area contributed by atoms with Gasteiger partial charge in [-0.1, -0.05) is 15.9 Å². The van der Waals surface area contributed by atoms with Gasteiger partial charge in [-0.15, -0.1) is 0 Å². The van der Waals surface area contributed by atoms with Crippen LogP contribution in [0.5, 0.6) is 5.75 Å². The van der Waals surface area contributed by atoms with Crippen LogP contribution in [0.3, 0.4) is 0 Å². The smallest absolute Gasteiger partial charge is 0.378 e. The van der Waals surface area contributed by atoms with E-state index in [0.717, 1.165) is 4.47 Å². The van der Waals surface area contributed by atoms with E-state index in [1.165, 1.54) is 0 Å². The second-order valence-corrected chi connectivity index (χ2v) is 3.05. The zero-order chi connectivity index (χ0) is 8.27. The fraction of sp³-hybridized carbons (Fsp3) is 0. The second-order valence-electron chi connectivity index (χ2n) is 1.81. The highest BCUT2D eigenvalue weighted by molar-refractivity contribution is 9.10. The van der Waals surface area contributed by atoms with Crippen molar-refractivity contribution in [1.29, 1.82) is 0 Å². The molecule has 0 aliphatic carbocycles. The molecule has 0 amide bonds. The zero-order valence-electron chi connectivity index (χ0n) is 5.41. The van der Waals surface area contributed by atoms with E-state index in [1.807, 2.05) is 0 Å². The van der Waals surface area contributed by atoms with Crippen molar-refractivity contribution >= 4 is 21.4 Å². The molecule has 0 unspecified atom stereocenters. The quantitative estimate of drug-likeness (QED) is 0.699. The summed E-state index contributed by atoms with van der Waals surface area (Å²) < 4.78 is 5.56. The van der Waals surface area contributed by atoms with Crippen LogP contribution in [0.15, 0.2) is 28.7 Å². The molecule has 2 nitrogen and oxygen atoms in total. The van der Waals surface area contributed by atoms with E-state index in [1.54, 1.807) is 24.3 Å². The number of hydrogen-bond acceptors (Lipinski definition) is 2. The summed E-state index contributed by atoms with van der Waals surface area (Å²) in [6.07, 6.45) is 0. The van der Waals surface area contributed by atoms with Gasteiger partial charge in [0, 0.05) is 4.47 Å². The minimum absolute atomic E-state index is 0.466. The molecule has 0 spiro atoms. The summed E-state index contributed by atoms with van der Waals surface area (Å²) in [5.74, 6) is 0.466. The number of rotatable bonds is 1. The van der Waals surface area contributed by atoms with Gasteiger partial charge in [-0.05, 0) is 24.3 Å². The zero-order valence-corrected chi connectivity index (χ0v) is 7.81. The molecule has 0 aromatic heterocycles. The maximum atomic E-state index is 10.3. The van der Waals surface area contributed by atoms with Crippen LogP contribution in [-0.2, 0) is 0 Å². The van der Waals surface area contributed by atoms with Crippen LogP contribution < -0.4 is 4.74 Å². The van der Waals surface area contributed by atoms with E-state index in [2.05, 4.69) is 32.3 Å². The molecule has 0 saturated carbocycles. The highest BCUT2D eigenvalue weighted by atomic mass is 79.9. The summed E-state index contributed by atoms with van der Waals surface area (Å²) >= 11 is 7.47. The van der Waals surface area contributed by atoms with Crippen LogP contribution in [0.2, 0.25) is 0 Å². The van der Waals surface area contributed by atoms with Crippen molar-refractivity contribution in [1.82, 2.24) is 0 Å². The van der Waals surface area contributed by atoms with Crippen LogP contribution in [0.25, 0.3) is 0 Å². The standard InChI is InChI=1S/C7H5BrClO2/c8-5-1-3-6(4-2-5)11-7(9)10/h1-4,9H/q+1. The van der Waals surface area contributed by atoms with E-state index in [0.29, 0.717) is 5.75 Å². The number of benzene rings is 1. The molecule has 11 heavy (non-hydrogen) atoms. The Bertz CT molecular complexity index is 258. The number of carbonyl (C=O) groups excluding carboxylic acids is 1.